The number of sulfonamides is 1. The van der Waals surface area contributed by atoms with Crippen LogP contribution in [0.15, 0.2) is 47.6 Å². The number of benzene rings is 1. The number of aromatic nitrogens is 2. The van der Waals surface area contributed by atoms with Gasteiger partial charge in [-0.15, -0.1) is 0 Å². The number of anilines is 1. The van der Waals surface area contributed by atoms with Crippen LogP contribution >= 0.6 is 0 Å². The van der Waals surface area contributed by atoms with E-state index in [0.29, 0.717) is 0 Å². The molecule has 5 nitrogen and oxygen atoms in total. The number of hydrogen-bond acceptors (Lipinski definition) is 4. The third kappa shape index (κ3) is 2.56. The van der Waals surface area contributed by atoms with Gasteiger partial charge in [-0.2, -0.15) is 4.39 Å². The predicted octanol–water partition coefficient (Wildman–Crippen LogP) is 1.42. The molecule has 0 radical (unpaired) electrons. The molecule has 17 heavy (non-hydrogen) atoms. The molecule has 0 fully saturated rings. The van der Waals surface area contributed by atoms with Gasteiger partial charge < -0.3 is 0 Å². The standard InChI is InChI=1S/C10H8FN3O2S/c11-9-10(13-7-6-12-9)14-17(15,16)8-4-2-1-3-5-8/h1-7H,(H,13,14). The maximum atomic E-state index is 13.1. The van der Waals surface area contributed by atoms with Crippen molar-refractivity contribution in [2.75, 3.05) is 4.72 Å². The Kier molecular flexibility index (Phi) is 3.01. The molecule has 1 aromatic carbocycles. The summed E-state index contributed by atoms with van der Waals surface area (Å²) in [6, 6.07) is 7.62. The Bertz CT molecular complexity index is 616. The van der Waals surface area contributed by atoms with E-state index in [1.807, 2.05) is 4.72 Å². The first kappa shape index (κ1) is 11.5. The van der Waals surface area contributed by atoms with Gasteiger partial charge >= 0.3 is 0 Å². The fourth-order valence-electron chi connectivity index (χ4n) is 1.18. The molecule has 0 spiro atoms. The first-order valence-electron chi connectivity index (χ1n) is 4.64. The van der Waals surface area contributed by atoms with Crippen LogP contribution < -0.4 is 4.72 Å². The van der Waals surface area contributed by atoms with E-state index in [1.165, 1.54) is 18.3 Å². The van der Waals surface area contributed by atoms with Gasteiger partial charge in [-0.25, -0.2) is 18.4 Å². The second-order valence-electron chi connectivity index (χ2n) is 3.11. The first-order valence-corrected chi connectivity index (χ1v) is 6.12. The summed E-state index contributed by atoms with van der Waals surface area (Å²) in [5, 5.41) is 0. The van der Waals surface area contributed by atoms with Crippen LogP contribution in [0.4, 0.5) is 10.2 Å². The highest BCUT2D eigenvalue weighted by atomic mass is 32.2. The van der Waals surface area contributed by atoms with Gasteiger partial charge in [0.15, 0.2) is 5.82 Å². The monoisotopic (exact) mass is 253 g/mol. The summed E-state index contributed by atoms with van der Waals surface area (Å²) < 4.78 is 38.8. The van der Waals surface area contributed by atoms with Gasteiger partial charge in [0.2, 0.25) is 0 Å². The summed E-state index contributed by atoms with van der Waals surface area (Å²) in [6.07, 6.45) is 2.33. The van der Waals surface area contributed by atoms with Crippen LogP contribution in [0.3, 0.4) is 0 Å². The smallest absolute Gasteiger partial charge is 0.259 e. The topological polar surface area (TPSA) is 72.0 Å². The van der Waals surface area contributed by atoms with E-state index in [1.54, 1.807) is 18.2 Å². The van der Waals surface area contributed by atoms with Crippen molar-refractivity contribution in [3.8, 4) is 0 Å². The van der Waals surface area contributed by atoms with E-state index in [2.05, 4.69) is 9.97 Å². The number of halogens is 1. The van der Waals surface area contributed by atoms with E-state index in [-0.39, 0.29) is 4.90 Å². The first-order chi connectivity index (χ1) is 8.09. The summed E-state index contributed by atoms with van der Waals surface area (Å²) in [4.78, 5) is 6.89. The minimum atomic E-state index is -3.83. The van der Waals surface area contributed by atoms with Gasteiger partial charge in [-0.3, -0.25) is 4.72 Å². The summed E-state index contributed by atoms with van der Waals surface area (Å²) >= 11 is 0. The van der Waals surface area contributed by atoms with Crippen molar-refractivity contribution in [3.05, 3.63) is 48.7 Å². The minimum absolute atomic E-state index is 0.0325. The average Bonchev–Trinajstić information content (AvgIpc) is 2.33. The lowest BCUT2D eigenvalue weighted by atomic mass is 10.4. The van der Waals surface area contributed by atoms with Crippen molar-refractivity contribution in [1.29, 1.82) is 0 Å². The third-order valence-electron chi connectivity index (χ3n) is 1.94. The molecule has 0 atom stereocenters. The number of hydrogen-bond donors (Lipinski definition) is 1. The maximum absolute atomic E-state index is 13.1. The molecule has 0 amide bonds. The molecule has 1 aromatic heterocycles. The molecule has 7 heteroatoms. The van der Waals surface area contributed by atoms with Crippen molar-refractivity contribution in [3.63, 3.8) is 0 Å². The number of nitrogens with zero attached hydrogens (tertiary/aromatic N) is 2. The van der Waals surface area contributed by atoms with E-state index in [0.717, 1.165) is 6.20 Å². The summed E-state index contributed by atoms with van der Waals surface area (Å²) in [5.41, 5.74) is 0. The summed E-state index contributed by atoms with van der Waals surface area (Å²) in [6.45, 7) is 0. The Hall–Kier alpha value is -2.02. The van der Waals surface area contributed by atoms with E-state index in [9.17, 15) is 12.8 Å². The normalized spacial score (nSPS) is 11.1. The fourth-order valence-corrected chi connectivity index (χ4v) is 2.20. The van der Waals surface area contributed by atoms with Gasteiger partial charge in [0, 0.05) is 12.4 Å². The molecule has 0 unspecified atom stereocenters. The van der Waals surface area contributed by atoms with Crippen LogP contribution in [-0.2, 0) is 10.0 Å². The molecule has 2 aromatic rings. The van der Waals surface area contributed by atoms with Crippen LogP contribution in [-0.4, -0.2) is 18.4 Å². The predicted molar refractivity (Wildman–Crippen MR) is 59.2 cm³/mol. The van der Waals surface area contributed by atoms with E-state index < -0.39 is 21.8 Å². The molecule has 0 aliphatic carbocycles. The van der Waals surface area contributed by atoms with Crippen molar-refractivity contribution in [2.45, 2.75) is 4.90 Å². The summed E-state index contributed by atoms with van der Waals surface area (Å²) in [5.74, 6) is -1.39. The molecular weight excluding hydrogens is 245 g/mol. The van der Waals surface area contributed by atoms with Crippen LogP contribution in [0.5, 0.6) is 0 Å². The Balaban J connectivity index is 2.34. The molecular formula is C10H8FN3O2S. The summed E-state index contributed by atoms with van der Waals surface area (Å²) in [7, 11) is -3.83. The van der Waals surface area contributed by atoms with Crippen LogP contribution in [0, 0.1) is 5.95 Å². The molecule has 2 rings (SSSR count). The van der Waals surface area contributed by atoms with Gasteiger partial charge in [-0.05, 0) is 12.1 Å². The lowest BCUT2D eigenvalue weighted by Gasteiger charge is -2.06. The Morgan fingerprint density at radius 3 is 2.35 bits per heavy atom. The third-order valence-corrected chi connectivity index (χ3v) is 3.29. The second kappa shape index (κ2) is 4.46. The zero-order valence-electron chi connectivity index (χ0n) is 8.54. The molecule has 0 aliphatic rings. The molecule has 88 valence electrons. The van der Waals surface area contributed by atoms with Gasteiger partial charge in [-0.1, -0.05) is 18.2 Å². The largest absolute Gasteiger partial charge is 0.263 e. The highest BCUT2D eigenvalue weighted by Gasteiger charge is 2.16. The average molecular weight is 253 g/mol. The van der Waals surface area contributed by atoms with Crippen molar-refractivity contribution < 1.29 is 12.8 Å². The second-order valence-corrected chi connectivity index (χ2v) is 4.80. The Morgan fingerprint density at radius 2 is 1.71 bits per heavy atom. The number of nitrogens with one attached hydrogen (secondary N) is 1. The lowest BCUT2D eigenvalue weighted by molar-refractivity contribution is 0.578. The molecule has 0 saturated carbocycles. The molecule has 1 heterocycles. The fraction of sp³-hybridized carbons (Fsp3) is 0. The highest BCUT2D eigenvalue weighted by molar-refractivity contribution is 7.92. The van der Waals surface area contributed by atoms with E-state index >= 15 is 0 Å². The highest BCUT2D eigenvalue weighted by Crippen LogP contribution is 2.14. The molecule has 0 aliphatic heterocycles. The Morgan fingerprint density at radius 1 is 1.06 bits per heavy atom. The van der Waals surface area contributed by atoms with Crippen LogP contribution in [0.25, 0.3) is 0 Å². The molecule has 0 bridgehead atoms. The maximum Gasteiger partial charge on any atom is 0.263 e. The minimum Gasteiger partial charge on any atom is -0.259 e. The number of rotatable bonds is 3. The van der Waals surface area contributed by atoms with Crippen LogP contribution in [0.1, 0.15) is 0 Å². The quantitative estimate of drug-likeness (QED) is 0.897. The van der Waals surface area contributed by atoms with Crippen molar-refractivity contribution >= 4 is 15.8 Å². The van der Waals surface area contributed by atoms with E-state index in [4.69, 9.17) is 0 Å². The molecule has 1 N–H and O–H groups in total. The lowest BCUT2D eigenvalue weighted by Crippen LogP contribution is -2.15. The van der Waals surface area contributed by atoms with Crippen molar-refractivity contribution in [2.24, 2.45) is 0 Å². The van der Waals surface area contributed by atoms with Gasteiger partial charge in [0.05, 0.1) is 4.90 Å². The Labute approximate surface area is 97.4 Å². The zero-order chi connectivity index (χ0) is 12.3. The van der Waals surface area contributed by atoms with Crippen LogP contribution in [0.2, 0.25) is 0 Å². The van der Waals surface area contributed by atoms with Gasteiger partial charge in [0.25, 0.3) is 16.0 Å². The molecule has 0 saturated heterocycles. The SMILES string of the molecule is O=S(=O)(Nc1nccnc1F)c1ccccc1. The zero-order valence-corrected chi connectivity index (χ0v) is 9.36. The van der Waals surface area contributed by atoms with Crippen molar-refractivity contribution in [1.82, 2.24) is 9.97 Å². The van der Waals surface area contributed by atoms with Gasteiger partial charge in [0.1, 0.15) is 0 Å².